The highest BCUT2D eigenvalue weighted by Crippen LogP contribution is 2.41. The second-order valence-corrected chi connectivity index (χ2v) is 5.23. The average Bonchev–Trinajstić information content (AvgIpc) is 2.38. The molecule has 0 spiro atoms. The second kappa shape index (κ2) is 5.80. The summed E-state index contributed by atoms with van der Waals surface area (Å²) in [7, 11) is 3.35. The summed E-state index contributed by atoms with van der Waals surface area (Å²) in [5.74, 6) is 1.63. The topological polar surface area (TPSA) is 33.7 Å². The molecule has 1 aliphatic rings. The predicted octanol–water partition coefficient (Wildman–Crippen LogP) is 2.26. The van der Waals surface area contributed by atoms with Crippen LogP contribution in [0.4, 0.5) is 5.69 Å². The first-order valence-corrected chi connectivity index (χ1v) is 6.85. The Bertz CT molecular complexity index is 426. The number of benzene rings is 1. The van der Waals surface area contributed by atoms with Gasteiger partial charge >= 0.3 is 0 Å². The van der Waals surface area contributed by atoms with Crippen LogP contribution in [0.2, 0.25) is 0 Å². The van der Waals surface area contributed by atoms with Gasteiger partial charge in [0.2, 0.25) is 0 Å². The Labute approximate surface area is 116 Å². The maximum atomic E-state index is 5.52. The number of anilines is 1. The van der Waals surface area contributed by atoms with Gasteiger partial charge in [-0.2, -0.15) is 0 Å². The molecule has 1 aromatic rings. The molecule has 0 saturated carbocycles. The summed E-state index contributed by atoms with van der Waals surface area (Å²) in [5.41, 5.74) is 1.11. The summed E-state index contributed by atoms with van der Waals surface area (Å²) < 4.78 is 11.7. The first kappa shape index (κ1) is 13.5. The van der Waals surface area contributed by atoms with E-state index in [1.165, 1.54) is 0 Å². The van der Waals surface area contributed by atoms with Gasteiger partial charge in [-0.25, -0.2) is 0 Å². The Balaban J connectivity index is 2.35. The molecule has 18 heavy (non-hydrogen) atoms. The van der Waals surface area contributed by atoms with E-state index in [1.807, 2.05) is 6.07 Å². The first-order chi connectivity index (χ1) is 8.67. The molecule has 0 bridgehead atoms. The zero-order chi connectivity index (χ0) is 13.1. The number of methoxy groups -OCH3 is 2. The van der Waals surface area contributed by atoms with Crippen LogP contribution in [0.5, 0.6) is 11.5 Å². The van der Waals surface area contributed by atoms with Gasteiger partial charge in [-0.15, -0.1) is 0 Å². The third-order valence-electron chi connectivity index (χ3n) is 3.17. The van der Waals surface area contributed by atoms with E-state index in [0.29, 0.717) is 6.04 Å². The number of nitrogens with one attached hydrogen (secondary N) is 1. The van der Waals surface area contributed by atoms with Gasteiger partial charge in [-0.1, -0.05) is 0 Å². The van der Waals surface area contributed by atoms with E-state index in [4.69, 9.17) is 9.47 Å². The minimum absolute atomic E-state index is 0.490. The van der Waals surface area contributed by atoms with E-state index in [9.17, 15) is 0 Å². The van der Waals surface area contributed by atoms with Crippen LogP contribution >= 0.6 is 15.9 Å². The van der Waals surface area contributed by atoms with Crippen LogP contribution < -0.4 is 19.7 Å². The first-order valence-electron chi connectivity index (χ1n) is 6.06. The van der Waals surface area contributed by atoms with Crippen molar-refractivity contribution in [1.82, 2.24) is 5.32 Å². The number of hydrogen-bond donors (Lipinski definition) is 1. The van der Waals surface area contributed by atoms with E-state index in [0.717, 1.165) is 41.3 Å². The fraction of sp³-hybridized carbons (Fsp3) is 0.538. The van der Waals surface area contributed by atoms with Crippen molar-refractivity contribution in [3.05, 3.63) is 16.6 Å². The number of halogens is 1. The third-order valence-corrected chi connectivity index (χ3v) is 3.93. The summed E-state index contributed by atoms with van der Waals surface area (Å²) in [6.07, 6.45) is 0. The van der Waals surface area contributed by atoms with Gasteiger partial charge in [-0.3, -0.25) is 0 Å². The second-order valence-electron chi connectivity index (χ2n) is 4.44. The molecule has 1 unspecified atom stereocenters. The Morgan fingerprint density at radius 2 is 2.11 bits per heavy atom. The van der Waals surface area contributed by atoms with Gasteiger partial charge in [0, 0.05) is 25.7 Å². The maximum Gasteiger partial charge on any atom is 0.160 e. The lowest BCUT2D eigenvalue weighted by Gasteiger charge is -2.34. The van der Waals surface area contributed by atoms with Gasteiger partial charge in [0.05, 0.1) is 19.9 Å². The molecule has 100 valence electrons. The normalized spacial score (nSPS) is 19.8. The van der Waals surface area contributed by atoms with E-state index in [-0.39, 0.29) is 0 Å². The fourth-order valence-corrected chi connectivity index (χ4v) is 2.94. The Kier molecular flexibility index (Phi) is 4.35. The zero-order valence-electron chi connectivity index (χ0n) is 11.0. The van der Waals surface area contributed by atoms with Crippen molar-refractivity contribution in [2.45, 2.75) is 13.0 Å². The summed E-state index contributed by atoms with van der Waals surface area (Å²) in [6, 6.07) is 4.51. The Hall–Kier alpha value is -0.940. The monoisotopic (exact) mass is 314 g/mol. The largest absolute Gasteiger partial charge is 0.495 e. The fourth-order valence-electron chi connectivity index (χ4n) is 2.28. The van der Waals surface area contributed by atoms with Crippen molar-refractivity contribution in [3.63, 3.8) is 0 Å². The van der Waals surface area contributed by atoms with Crippen LogP contribution in [0, 0.1) is 0 Å². The van der Waals surface area contributed by atoms with Gasteiger partial charge in [0.15, 0.2) is 5.75 Å². The van der Waals surface area contributed by atoms with Crippen LogP contribution in [0.25, 0.3) is 0 Å². The molecule has 1 aromatic carbocycles. The molecule has 2 rings (SSSR count). The van der Waals surface area contributed by atoms with Gasteiger partial charge < -0.3 is 19.7 Å². The summed E-state index contributed by atoms with van der Waals surface area (Å²) in [5, 5.41) is 3.44. The smallest absolute Gasteiger partial charge is 0.160 e. The van der Waals surface area contributed by atoms with Crippen molar-refractivity contribution in [2.24, 2.45) is 0 Å². The molecule has 1 atom stereocenters. The standard InChI is InChI=1S/C13H19BrN2O2/c1-9-8-16(7-6-15-9)10-4-5-11(17-2)12(14)13(10)18-3/h4-5,9,15H,6-8H2,1-3H3. The molecular formula is C13H19BrN2O2. The van der Waals surface area contributed by atoms with Crippen molar-refractivity contribution in [2.75, 3.05) is 38.8 Å². The minimum atomic E-state index is 0.490. The van der Waals surface area contributed by atoms with Crippen molar-refractivity contribution >= 4 is 21.6 Å². The van der Waals surface area contributed by atoms with E-state index in [1.54, 1.807) is 14.2 Å². The molecular weight excluding hydrogens is 296 g/mol. The van der Waals surface area contributed by atoms with E-state index in [2.05, 4.69) is 39.1 Å². The number of hydrogen-bond acceptors (Lipinski definition) is 4. The lowest BCUT2D eigenvalue weighted by Crippen LogP contribution is -2.49. The highest BCUT2D eigenvalue weighted by atomic mass is 79.9. The van der Waals surface area contributed by atoms with Crippen LogP contribution in [-0.2, 0) is 0 Å². The molecule has 1 fully saturated rings. The summed E-state index contributed by atoms with van der Waals surface area (Å²) in [4.78, 5) is 2.34. The molecule has 4 nitrogen and oxygen atoms in total. The van der Waals surface area contributed by atoms with Crippen molar-refractivity contribution in [1.29, 1.82) is 0 Å². The lowest BCUT2D eigenvalue weighted by molar-refractivity contribution is 0.387. The van der Waals surface area contributed by atoms with Crippen LogP contribution in [-0.4, -0.2) is 39.9 Å². The average molecular weight is 315 g/mol. The molecule has 0 aliphatic carbocycles. The molecule has 0 aromatic heterocycles. The van der Waals surface area contributed by atoms with Gasteiger partial charge in [0.1, 0.15) is 10.2 Å². The predicted molar refractivity (Wildman–Crippen MR) is 76.9 cm³/mol. The summed E-state index contributed by atoms with van der Waals surface area (Å²) >= 11 is 3.54. The molecule has 0 radical (unpaired) electrons. The van der Waals surface area contributed by atoms with Crippen LogP contribution in [0.1, 0.15) is 6.92 Å². The highest BCUT2D eigenvalue weighted by Gasteiger charge is 2.21. The van der Waals surface area contributed by atoms with Gasteiger partial charge in [-0.05, 0) is 35.0 Å². The SMILES string of the molecule is COc1ccc(N2CCNC(C)C2)c(OC)c1Br. The molecule has 1 N–H and O–H groups in total. The van der Waals surface area contributed by atoms with E-state index < -0.39 is 0 Å². The Morgan fingerprint density at radius 1 is 1.33 bits per heavy atom. The highest BCUT2D eigenvalue weighted by molar-refractivity contribution is 9.10. The van der Waals surface area contributed by atoms with Crippen molar-refractivity contribution < 1.29 is 9.47 Å². The number of ether oxygens (including phenoxy) is 2. The number of nitrogens with zero attached hydrogens (tertiary/aromatic N) is 1. The number of piperazine rings is 1. The maximum absolute atomic E-state index is 5.52. The van der Waals surface area contributed by atoms with E-state index >= 15 is 0 Å². The molecule has 1 heterocycles. The molecule has 1 saturated heterocycles. The molecule has 5 heteroatoms. The van der Waals surface area contributed by atoms with Crippen LogP contribution in [0.3, 0.4) is 0 Å². The Morgan fingerprint density at radius 3 is 2.72 bits per heavy atom. The number of rotatable bonds is 3. The minimum Gasteiger partial charge on any atom is -0.495 e. The molecule has 0 amide bonds. The van der Waals surface area contributed by atoms with Crippen LogP contribution in [0.15, 0.2) is 16.6 Å². The van der Waals surface area contributed by atoms with Gasteiger partial charge in [0.25, 0.3) is 0 Å². The zero-order valence-corrected chi connectivity index (χ0v) is 12.6. The van der Waals surface area contributed by atoms with Crippen molar-refractivity contribution in [3.8, 4) is 11.5 Å². The summed E-state index contributed by atoms with van der Waals surface area (Å²) in [6.45, 7) is 5.15. The third kappa shape index (κ3) is 2.57. The quantitative estimate of drug-likeness (QED) is 0.928. The lowest BCUT2D eigenvalue weighted by atomic mass is 10.2. The molecule has 1 aliphatic heterocycles.